The van der Waals surface area contributed by atoms with Crippen molar-refractivity contribution in [1.82, 2.24) is 0 Å². The van der Waals surface area contributed by atoms with Gasteiger partial charge >= 0.3 is 59.6 Å². The first kappa shape index (κ1) is 7.13. The van der Waals surface area contributed by atoms with Crippen LogP contribution in [0.2, 0.25) is 22.0 Å². The van der Waals surface area contributed by atoms with Gasteiger partial charge in [-0.25, -0.2) is 0 Å². The summed E-state index contributed by atoms with van der Waals surface area (Å²) in [5.74, 6) is 7.35. The number of rotatable bonds is 1. The molecule has 0 amide bonds. The van der Waals surface area contributed by atoms with E-state index in [1.807, 2.05) is 0 Å². The van der Waals surface area contributed by atoms with Crippen molar-refractivity contribution in [2.45, 2.75) is 22.0 Å². The molecule has 0 atom stereocenters. The predicted molar refractivity (Wildman–Crippen MR) is 45.4 cm³/mol. The van der Waals surface area contributed by atoms with Gasteiger partial charge in [-0.05, 0) is 0 Å². The third kappa shape index (κ3) is 1.72. The van der Waals surface area contributed by atoms with Gasteiger partial charge in [-0.3, -0.25) is 0 Å². The van der Waals surface area contributed by atoms with Crippen molar-refractivity contribution in [3.05, 3.63) is 24.3 Å². The fraction of sp³-hybridized carbons (Fsp3) is 0.500. The van der Waals surface area contributed by atoms with E-state index in [0.29, 0.717) is 0 Å². The normalized spacial score (nSPS) is 19.4. The summed E-state index contributed by atoms with van der Waals surface area (Å²) in [6.07, 6.45) is 9.00. The number of hydrogen-bond acceptors (Lipinski definition) is 0. The SMILES string of the molecule is [CH3][Ge]([CH3])([CH3])[CH]1C=CC=C1. The molecule has 1 aliphatic rings. The van der Waals surface area contributed by atoms with Gasteiger partial charge in [-0.15, -0.1) is 0 Å². The Kier molecular flexibility index (Phi) is 1.85. The molecule has 0 saturated heterocycles. The van der Waals surface area contributed by atoms with Crippen LogP contribution in [0.15, 0.2) is 24.3 Å². The van der Waals surface area contributed by atoms with Crippen LogP contribution < -0.4 is 0 Å². The second-order valence-electron chi connectivity index (χ2n) is 3.66. The first-order valence-electron chi connectivity index (χ1n) is 3.46. The quantitative estimate of drug-likeness (QED) is 0.548. The van der Waals surface area contributed by atoms with E-state index in [1.54, 1.807) is 0 Å². The van der Waals surface area contributed by atoms with Gasteiger partial charge in [0.25, 0.3) is 0 Å². The molecule has 50 valence electrons. The standard InChI is InChI=1S/C8H14Ge/c1-9(2,3)8-6-4-5-7-8/h4-8H,1-3H3. The Hall–Kier alpha value is 0.0229. The predicted octanol–water partition coefficient (Wildman–Crippen LogP) is 2.82. The third-order valence-corrected chi connectivity index (χ3v) is 6.75. The second-order valence-corrected chi connectivity index (χ2v) is 15.0. The van der Waals surface area contributed by atoms with Crippen LogP contribution in [-0.2, 0) is 0 Å². The zero-order valence-corrected chi connectivity index (χ0v) is 8.48. The van der Waals surface area contributed by atoms with Gasteiger partial charge in [0, 0.05) is 0 Å². The summed E-state index contributed by atoms with van der Waals surface area (Å²) < 4.78 is 0.838. The maximum absolute atomic E-state index is 2.45. The topological polar surface area (TPSA) is 0 Å². The first-order chi connectivity index (χ1) is 4.11. The molecule has 0 saturated carbocycles. The van der Waals surface area contributed by atoms with Gasteiger partial charge in [0.15, 0.2) is 0 Å². The number of hydrogen-bond donors (Lipinski definition) is 0. The molecule has 0 N–H and O–H groups in total. The third-order valence-electron chi connectivity index (χ3n) is 1.75. The molecule has 0 aromatic heterocycles. The zero-order valence-electron chi connectivity index (χ0n) is 6.39. The van der Waals surface area contributed by atoms with Crippen molar-refractivity contribution in [2.24, 2.45) is 0 Å². The van der Waals surface area contributed by atoms with E-state index in [-0.39, 0.29) is 0 Å². The van der Waals surface area contributed by atoms with Crippen LogP contribution >= 0.6 is 0 Å². The van der Waals surface area contributed by atoms with Crippen molar-refractivity contribution < 1.29 is 0 Å². The molecule has 9 heavy (non-hydrogen) atoms. The molecule has 0 heterocycles. The summed E-state index contributed by atoms with van der Waals surface area (Å²) >= 11 is -1.35. The molecule has 0 aromatic rings. The average molecular weight is 183 g/mol. The maximum atomic E-state index is 2.45. The van der Waals surface area contributed by atoms with E-state index in [1.165, 1.54) is 0 Å². The Morgan fingerprint density at radius 3 is 1.67 bits per heavy atom. The van der Waals surface area contributed by atoms with Crippen LogP contribution in [0, 0.1) is 0 Å². The van der Waals surface area contributed by atoms with Crippen molar-refractivity contribution >= 4 is 13.3 Å². The summed E-state index contributed by atoms with van der Waals surface area (Å²) in [4.78, 5) is 0. The molecular formula is C8H14Ge. The molecule has 0 fully saturated rings. The molecule has 0 unspecified atom stereocenters. The van der Waals surface area contributed by atoms with Gasteiger partial charge < -0.3 is 0 Å². The molecule has 0 spiro atoms. The number of allylic oxidation sites excluding steroid dienone is 4. The van der Waals surface area contributed by atoms with Gasteiger partial charge in [0.05, 0.1) is 0 Å². The van der Waals surface area contributed by atoms with Gasteiger partial charge in [-0.1, -0.05) is 0 Å². The van der Waals surface area contributed by atoms with Gasteiger partial charge in [0.2, 0.25) is 0 Å². The Morgan fingerprint density at radius 1 is 1.00 bits per heavy atom. The van der Waals surface area contributed by atoms with Crippen molar-refractivity contribution in [2.75, 3.05) is 0 Å². The van der Waals surface area contributed by atoms with Gasteiger partial charge in [0.1, 0.15) is 0 Å². The zero-order chi connectivity index (χ0) is 6.91. The van der Waals surface area contributed by atoms with Crippen molar-refractivity contribution in [3.63, 3.8) is 0 Å². The first-order valence-corrected chi connectivity index (χ1v) is 11.0. The second kappa shape index (κ2) is 2.33. The molecule has 0 nitrogen and oxygen atoms in total. The molecule has 1 aliphatic carbocycles. The van der Waals surface area contributed by atoms with Crippen LogP contribution in [0.1, 0.15) is 0 Å². The summed E-state index contributed by atoms with van der Waals surface area (Å²) in [5, 5.41) is 0. The van der Waals surface area contributed by atoms with E-state index in [9.17, 15) is 0 Å². The molecular weight excluding hydrogens is 169 g/mol. The van der Waals surface area contributed by atoms with Crippen LogP contribution in [-0.4, -0.2) is 13.3 Å². The van der Waals surface area contributed by atoms with Gasteiger partial charge in [-0.2, -0.15) is 0 Å². The van der Waals surface area contributed by atoms with Crippen molar-refractivity contribution in [3.8, 4) is 0 Å². The molecule has 1 heteroatoms. The summed E-state index contributed by atoms with van der Waals surface area (Å²) in [7, 11) is 0. The Bertz CT molecular complexity index is 136. The van der Waals surface area contributed by atoms with Crippen LogP contribution in [0.4, 0.5) is 0 Å². The minimum atomic E-state index is -1.35. The Morgan fingerprint density at radius 2 is 1.44 bits per heavy atom. The Balaban J connectivity index is 2.64. The molecule has 1 rings (SSSR count). The fourth-order valence-electron chi connectivity index (χ4n) is 1.01. The average Bonchev–Trinajstić information content (AvgIpc) is 2.08. The fourth-order valence-corrected chi connectivity index (χ4v) is 3.90. The van der Waals surface area contributed by atoms with Crippen LogP contribution in [0.3, 0.4) is 0 Å². The van der Waals surface area contributed by atoms with E-state index >= 15 is 0 Å². The van der Waals surface area contributed by atoms with Crippen LogP contribution in [0.25, 0.3) is 0 Å². The molecule has 0 radical (unpaired) electrons. The molecule has 0 aliphatic heterocycles. The summed E-state index contributed by atoms with van der Waals surface area (Å²) in [5.41, 5.74) is 0. The summed E-state index contributed by atoms with van der Waals surface area (Å²) in [6, 6.07) is 0. The van der Waals surface area contributed by atoms with E-state index in [4.69, 9.17) is 0 Å². The van der Waals surface area contributed by atoms with E-state index in [0.717, 1.165) is 4.75 Å². The van der Waals surface area contributed by atoms with E-state index < -0.39 is 13.3 Å². The minimum absolute atomic E-state index is 0.838. The summed E-state index contributed by atoms with van der Waals surface area (Å²) in [6.45, 7) is 0. The van der Waals surface area contributed by atoms with Crippen molar-refractivity contribution in [1.29, 1.82) is 0 Å². The van der Waals surface area contributed by atoms with E-state index in [2.05, 4.69) is 41.6 Å². The monoisotopic (exact) mass is 184 g/mol. The molecule has 0 bridgehead atoms. The molecule has 0 aromatic carbocycles. The van der Waals surface area contributed by atoms with Crippen LogP contribution in [0.5, 0.6) is 0 Å². The Labute approximate surface area is 60.0 Å².